The first kappa shape index (κ1) is 22.4. The van der Waals surface area contributed by atoms with Crippen molar-refractivity contribution in [3.05, 3.63) is 55.7 Å². The number of hydrogen-bond donors (Lipinski definition) is 1. The van der Waals surface area contributed by atoms with Crippen LogP contribution in [-0.4, -0.2) is 27.5 Å². The highest BCUT2D eigenvalue weighted by Crippen LogP contribution is 2.29. The highest BCUT2D eigenvalue weighted by Gasteiger charge is 2.26. The molecule has 1 amide bonds. The van der Waals surface area contributed by atoms with E-state index in [-0.39, 0.29) is 21.1 Å². The topological polar surface area (TPSA) is 90.3 Å². The van der Waals surface area contributed by atoms with E-state index in [4.69, 9.17) is 16.3 Å². The quantitative estimate of drug-likeness (QED) is 0.560. The fraction of sp³-hybridized carbons (Fsp3) is 0.364. The number of thiophene rings is 1. The lowest BCUT2D eigenvalue weighted by atomic mass is 10.2. The van der Waals surface area contributed by atoms with Gasteiger partial charge >= 0.3 is 5.97 Å². The third-order valence-corrected chi connectivity index (χ3v) is 6.92. The number of esters is 1. The van der Waals surface area contributed by atoms with Crippen molar-refractivity contribution in [1.82, 2.24) is 9.55 Å². The number of benzene rings is 1. The van der Waals surface area contributed by atoms with Crippen molar-refractivity contribution in [2.75, 3.05) is 5.32 Å². The number of carbonyl (C=O) groups excluding carboxylic acids is 2. The van der Waals surface area contributed by atoms with E-state index in [9.17, 15) is 18.8 Å². The molecule has 1 N–H and O–H groups in total. The highest BCUT2D eigenvalue weighted by molar-refractivity contribution is 7.20. The first-order chi connectivity index (χ1) is 15.3. The predicted octanol–water partition coefficient (Wildman–Crippen LogP) is 4.47. The molecule has 1 aliphatic heterocycles. The molecule has 2 aromatic heterocycles. The Balaban J connectivity index is 1.55. The summed E-state index contributed by atoms with van der Waals surface area (Å²) in [7, 11) is 0. The van der Waals surface area contributed by atoms with E-state index >= 15 is 0 Å². The Morgan fingerprint density at radius 2 is 2.09 bits per heavy atom. The van der Waals surface area contributed by atoms with Crippen LogP contribution < -0.4 is 10.9 Å². The van der Waals surface area contributed by atoms with Gasteiger partial charge in [-0.1, -0.05) is 18.0 Å². The lowest BCUT2D eigenvalue weighted by Gasteiger charge is -2.14. The van der Waals surface area contributed by atoms with Crippen LogP contribution in [0.5, 0.6) is 0 Å². The molecule has 3 aromatic rings. The minimum absolute atomic E-state index is 0.0311. The number of anilines is 1. The summed E-state index contributed by atoms with van der Waals surface area (Å²) < 4.78 is 20.2. The van der Waals surface area contributed by atoms with E-state index in [1.807, 2.05) is 0 Å². The fourth-order valence-electron chi connectivity index (χ4n) is 3.70. The van der Waals surface area contributed by atoms with Crippen molar-refractivity contribution in [1.29, 1.82) is 0 Å². The lowest BCUT2D eigenvalue weighted by Crippen LogP contribution is -2.30. The number of halogens is 2. The van der Waals surface area contributed by atoms with Crippen LogP contribution in [0.4, 0.5) is 10.1 Å². The average molecular weight is 478 g/mol. The number of nitrogens with zero attached hydrogens (tertiary/aromatic N) is 2. The van der Waals surface area contributed by atoms with Crippen molar-refractivity contribution in [3.63, 3.8) is 0 Å². The van der Waals surface area contributed by atoms with Crippen molar-refractivity contribution in [3.8, 4) is 0 Å². The van der Waals surface area contributed by atoms with Crippen molar-refractivity contribution < 1.29 is 18.7 Å². The molecular weight excluding hydrogens is 457 g/mol. The van der Waals surface area contributed by atoms with Gasteiger partial charge in [0.05, 0.1) is 16.1 Å². The molecule has 0 fully saturated rings. The number of aromatic nitrogens is 2. The second kappa shape index (κ2) is 8.99. The number of aryl methyl sites for hydroxylation is 2. The Morgan fingerprint density at radius 1 is 1.31 bits per heavy atom. The highest BCUT2D eigenvalue weighted by atomic mass is 35.5. The molecule has 0 spiro atoms. The molecule has 4 rings (SSSR count). The van der Waals surface area contributed by atoms with Crippen LogP contribution >= 0.6 is 22.9 Å². The summed E-state index contributed by atoms with van der Waals surface area (Å²) in [4.78, 5) is 43.7. The molecule has 1 atom stereocenters. The van der Waals surface area contributed by atoms with Gasteiger partial charge in [-0.2, -0.15) is 0 Å². The minimum Gasteiger partial charge on any atom is -0.448 e. The third kappa shape index (κ3) is 4.27. The second-order valence-electron chi connectivity index (χ2n) is 7.69. The molecule has 0 radical (unpaired) electrons. The van der Waals surface area contributed by atoms with Gasteiger partial charge < -0.3 is 10.1 Å². The average Bonchev–Trinajstić information content (AvgIpc) is 2.91. The van der Waals surface area contributed by atoms with Crippen molar-refractivity contribution in [2.45, 2.75) is 52.2 Å². The van der Waals surface area contributed by atoms with Gasteiger partial charge in [-0.3, -0.25) is 14.2 Å². The molecule has 1 aromatic carbocycles. The van der Waals surface area contributed by atoms with Gasteiger partial charge in [0.2, 0.25) is 0 Å². The third-order valence-electron chi connectivity index (χ3n) is 5.44. The molecular formula is C22H21ClFN3O4S. The van der Waals surface area contributed by atoms with Gasteiger partial charge in [0.1, 0.15) is 21.3 Å². The van der Waals surface area contributed by atoms with Gasteiger partial charge in [-0.15, -0.1) is 11.3 Å². The molecule has 1 aliphatic rings. The van der Waals surface area contributed by atoms with Crippen LogP contribution in [0, 0.1) is 12.7 Å². The maximum Gasteiger partial charge on any atom is 0.349 e. The number of amides is 1. The molecule has 7 nitrogen and oxygen atoms in total. The number of fused-ring (bicyclic) bond motifs is 2. The normalized spacial score (nSPS) is 14.5. The maximum atomic E-state index is 13.2. The van der Waals surface area contributed by atoms with Gasteiger partial charge in [-0.05, 0) is 50.5 Å². The first-order valence-electron chi connectivity index (χ1n) is 10.3. The molecule has 1 unspecified atom stereocenters. The van der Waals surface area contributed by atoms with Gasteiger partial charge in [-0.25, -0.2) is 14.2 Å². The molecule has 3 heterocycles. The van der Waals surface area contributed by atoms with E-state index in [0.29, 0.717) is 22.3 Å². The number of hydrogen-bond acceptors (Lipinski definition) is 6. The number of carbonyl (C=O) groups is 2. The molecule has 0 saturated carbocycles. The van der Waals surface area contributed by atoms with E-state index in [2.05, 4.69) is 10.3 Å². The minimum atomic E-state index is -1.14. The lowest BCUT2D eigenvalue weighted by molar-refractivity contribution is -0.123. The zero-order valence-electron chi connectivity index (χ0n) is 17.5. The summed E-state index contributed by atoms with van der Waals surface area (Å²) in [5.74, 6) is -1.12. The Hall–Kier alpha value is -2.78. The molecule has 0 bridgehead atoms. The monoisotopic (exact) mass is 477 g/mol. The summed E-state index contributed by atoms with van der Waals surface area (Å²) in [5, 5.41) is 2.96. The van der Waals surface area contributed by atoms with Crippen LogP contribution in [-0.2, 0) is 22.5 Å². The maximum absolute atomic E-state index is 13.2. The number of rotatable bonds is 4. The first-order valence-corrected chi connectivity index (χ1v) is 11.5. The van der Waals surface area contributed by atoms with Gasteiger partial charge in [0.15, 0.2) is 6.10 Å². The molecule has 0 aliphatic carbocycles. The Morgan fingerprint density at radius 3 is 2.84 bits per heavy atom. The van der Waals surface area contributed by atoms with Crippen LogP contribution in [0.15, 0.2) is 23.0 Å². The zero-order valence-corrected chi connectivity index (χ0v) is 19.1. The number of ether oxygens (including phenoxy) is 1. The molecule has 10 heteroatoms. The van der Waals surface area contributed by atoms with E-state index in [0.717, 1.165) is 55.0 Å². The van der Waals surface area contributed by atoms with E-state index < -0.39 is 23.8 Å². The van der Waals surface area contributed by atoms with Crippen molar-refractivity contribution in [2.24, 2.45) is 0 Å². The van der Waals surface area contributed by atoms with Crippen molar-refractivity contribution >= 4 is 50.7 Å². The molecule has 168 valence electrons. The molecule has 32 heavy (non-hydrogen) atoms. The van der Waals surface area contributed by atoms with Crippen LogP contribution in [0.1, 0.15) is 47.2 Å². The van der Waals surface area contributed by atoms with Gasteiger partial charge in [0, 0.05) is 13.0 Å². The summed E-state index contributed by atoms with van der Waals surface area (Å²) >= 11 is 7.02. The summed E-state index contributed by atoms with van der Waals surface area (Å²) in [6.07, 6.45) is 2.53. The SMILES string of the molecule is Cc1c(C(=O)OC(C)C(=O)Nc2ccc(F)cc2Cl)sc2nc3n(c(=O)c12)CCCCC3. The largest absolute Gasteiger partial charge is 0.448 e. The zero-order chi connectivity index (χ0) is 23.0. The summed E-state index contributed by atoms with van der Waals surface area (Å²) in [5.41, 5.74) is 0.565. The molecule has 0 saturated heterocycles. The summed E-state index contributed by atoms with van der Waals surface area (Å²) in [6, 6.07) is 3.55. The number of nitrogens with one attached hydrogen (secondary N) is 1. The van der Waals surface area contributed by atoms with E-state index in [1.54, 1.807) is 11.5 Å². The summed E-state index contributed by atoms with van der Waals surface area (Å²) in [6.45, 7) is 3.73. The Bertz CT molecular complexity index is 1290. The smallest absolute Gasteiger partial charge is 0.349 e. The van der Waals surface area contributed by atoms with E-state index in [1.165, 1.54) is 13.0 Å². The Labute approximate surface area is 192 Å². The van der Waals surface area contributed by atoms with Crippen LogP contribution in [0.25, 0.3) is 10.2 Å². The predicted molar refractivity (Wildman–Crippen MR) is 121 cm³/mol. The van der Waals surface area contributed by atoms with Crippen LogP contribution in [0.3, 0.4) is 0 Å². The van der Waals surface area contributed by atoms with Gasteiger partial charge in [0.25, 0.3) is 11.5 Å². The standard InChI is InChI=1S/C22H21ClFN3O4S/c1-11-17-20(26-16-6-4-3-5-9-27(16)21(17)29)32-18(11)22(30)31-12(2)19(28)25-15-8-7-13(24)10-14(15)23/h7-8,10,12H,3-6,9H2,1-2H3,(H,25,28). The Kier molecular flexibility index (Phi) is 6.30. The van der Waals surface area contributed by atoms with Crippen LogP contribution in [0.2, 0.25) is 5.02 Å². The second-order valence-corrected chi connectivity index (χ2v) is 9.10. The fourth-order valence-corrected chi connectivity index (χ4v) is 4.99.